The summed E-state index contributed by atoms with van der Waals surface area (Å²) in [7, 11) is -3.81. The van der Waals surface area contributed by atoms with E-state index in [2.05, 4.69) is 20.3 Å². The molecule has 0 atom stereocenters. The summed E-state index contributed by atoms with van der Waals surface area (Å²) in [5, 5.41) is 14.5. The van der Waals surface area contributed by atoms with Crippen molar-refractivity contribution >= 4 is 27.4 Å². The van der Waals surface area contributed by atoms with Crippen LogP contribution in [-0.2, 0) is 23.0 Å². The minimum absolute atomic E-state index is 0.0580. The van der Waals surface area contributed by atoms with E-state index in [0.29, 0.717) is 29.9 Å². The molecule has 8 nitrogen and oxygen atoms in total. The zero-order chi connectivity index (χ0) is 21.4. The second kappa shape index (κ2) is 9.86. The number of benzene rings is 2. The summed E-state index contributed by atoms with van der Waals surface area (Å²) in [4.78, 5) is 16.1. The third-order valence-corrected chi connectivity index (χ3v) is 5.62. The number of para-hydroxylation sites is 1. The number of nitrogens with one attached hydrogen (secondary N) is 3. The van der Waals surface area contributed by atoms with Gasteiger partial charge in [0, 0.05) is 31.2 Å². The first-order chi connectivity index (χ1) is 14.5. The number of anilines is 2. The number of nitrogens with zero attached hydrogens (tertiary/aromatic N) is 1. The number of aliphatic hydroxyl groups is 1. The fraction of sp³-hybridized carbons (Fsp3) is 0.143. The molecule has 2 amide bonds. The van der Waals surface area contributed by atoms with Crippen molar-refractivity contribution in [1.29, 1.82) is 0 Å². The van der Waals surface area contributed by atoms with Crippen LogP contribution in [-0.4, -0.2) is 31.1 Å². The molecule has 0 aliphatic carbocycles. The molecule has 3 rings (SSSR count). The number of aromatic nitrogens is 1. The quantitative estimate of drug-likeness (QED) is 0.441. The molecule has 9 heteroatoms. The van der Waals surface area contributed by atoms with Crippen molar-refractivity contribution in [2.75, 3.05) is 16.6 Å². The molecule has 0 unspecified atom stereocenters. The lowest BCUT2D eigenvalue weighted by Gasteiger charge is -2.13. The number of amides is 2. The standard InChI is InChI=1S/C21H22N4O4S/c26-13-11-17-5-1-2-6-20(17)25-30(28,29)19-9-7-18(8-10-19)24-21(27)23-15-16-4-3-12-22-14-16/h1-10,12,14,25-26H,11,13,15H2,(H2,23,24,27). The molecule has 0 aliphatic rings. The molecule has 0 fully saturated rings. The number of carbonyl (C=O) groups is 1. The van der Waals surface area contributed by atoms with Crippen LogP contribution in [0.25, 0.3) is 0 Å². The average molecular weight is 426 g/mol. The Balaban J connectivity index is 1.62. The van der Waals surface area contributed by atoms with Gasteiger partial charge in [-0.25, -0.2) is 13.2 Å². The number of hydrogen-bond donors (Lipinski definition) is 4. The van der Waals surface area contributed by atoms with E-state index in [0.717, 1.165) is 5.56 Å². The Labute approximate surface area is 175 Å². The van der Waals surface area contributed by atoms with Crippen LogP contribution in [0, 0.1) is 0 Å². The molecule has 30 heavy (non-hydrogen) atoms. The Morgan fingerprint density at radius 1 is 1.00 bits per heavy atom. The van der Waals surface area contributed by atoms with Crippen LogP contribution in [0.1, 0.15) is 11.1 Å². The molecule has 3 aromatic rings. The highest BCUT2D eigenvalue weighted by Crippen LogP contribution is 2.21. The normalized spacial score (nSPS) is 11.0. The molecular formula is C21H22N4O4S. The average Bonchev–Trinajstić information content (AvgIpc) is 2.75. The monoisotopic (exact) mass is 426 g/mol. The number of hydrogen-bond acceptors (Lipinski definition) is 5. The molecule has 0 aliphatic heterocycles. The Bertz CT molecular complexity index is 1090. The van der Waals surface area contributed by atoms with Crippen molar-refractivity contribution in [2.24, 2.45) is 0 Å². The van der Waals surface area contributed by atoms with Gasteiger partial charge in [0.25, 0.3) is 10.0 Å². The van der Waals surface area contributed by atoms with Crippen LogP contribution in [0.4, 0.5) is 16.2 Å². The summed E-state index contributed by atoms with van der Waals surface area (Å²) in [5.74, 6) is 0. The van der Waals surface area contributed by atoms with Gasteiger partial charge < -0.3 is 15.7 Å². The molecule has 0 saturated heterocycles. The van der Waals surface area contributed by atoms with Gasteiger partial charge >= 0.3 is 6.03 Å². The van der Waals surface area contributed by atoms with Gasteiger partial charge in [-0.15, -0.1) is 0 Å². The van der Waals surface area contributed by atoms with Crippen LogP contribution in [0.2, 0.25) is 0 Å². The van der Waals surface area contributed by atoms with Gasteiger partial charge in [-0.3, -0.25) is 9.71 Å². The number of urea groups is 1. The second-order valence-electron chi connectivity index (χ2n) is 6.43. The van der Waals surface area contributed by atoms with Crippen LogP contribution in [0.3, 0.4) is 0 Å². The van der Waals surface area contributed by atoms with E-state index in [1.54, 1.807) is 42.7 Å². The van der Waals surface area contributed by atoms with Crippen LogP contribution >= 0.6 is 0 Å². The van der Waals surface area contributed by atoms with Gasteiger partial charge in [0.2, 0.25) is 0 Å². The number of carbonyl (C=O) groups excluding carboxylic acids is 1. The maximum Gasteiger partial charge on any atom is 0.319 e. The summed E-state index contributed by atoms with van der Waals surface area (Å²) >= 11 is 0. The predicted molar refractivity (Wildman–Crippen MR) is 115 cm³/mol. The summed E-state index contributed by atoms with van der Waals surface area (Å²) < 4.78 is 27.9. The van der Waals surface area contributed by atoms with Crippen molar-refractivity contribution in [3.05, 3.63) is 84.2 Å². The van der Waals surface area contributed by atoms with Gasteiger partial charge in [0.05, 0.1) is 10.6 Å². The minimum Gasteiger partial charge on any atom is -0.396 e. The van der Waals surface area contributed by atoms with Crippen LogP contribution in [0.15, 0.2) is 78.0 Å². The van der Waals surface area contributed by atoms with Crippen molar-refractivity contribution in [3.63, 3.8) is 0 Å². The van der Waals surface area contributed by atoms with Crippen LogP contribution in [0.5, 0.6) is 0 Å². The van der Waals surface area contributed by atoms with Gasteiger partial charge in [0.15, 0.2) is 0 Å². The molecule has 0 saturated carbocycles. The smallest absolute Gasteiger partial charge is 0.319 e. The van der Waals surface area contributed by atoms with Crippen molar-refractivity contribution in [3.8, 4) is 0 Å². The van der Waals surface area contributed by atoms with Crippen molar-refractivity contribution in [2.45, 2.75) is 17.9 Å². The van der Waals surface area contributed by atoms with E-state index in [1.807, 2.05) is 6.07 Å². The maximum absolute atomic E-state index is 12.7. The van der Waals surface area contributed by atoms with E-state index in [-0.39, 0.29) is 11.5 Å². The van der Waals surface area contributed by atoms with Crippen molar-refractivity contribution < 1.29 is 18.3 Å². The number of aliphatic hydroxyl groups excluding tert-OH is 1. The van der Waals surface area contributed by atoms with E-state index >= 15 is 0 Å². The first-order valence-electron chi connectivity index (χ1n) is 9.23. The lowest BCUT2D eigenvalue weighted by Crippen LogP contribution is -2.28. The Morgan fingerprint density at radius 3 is 2.47 bits per heavy atom. The SMILES string of the molecule is O=C(NCc1cccnc1)Nc1ccc(S(=O)(=O)Nc2ccccc2CCO)cc1. The first-order valence-corrected chi connectivity index (χ1v) is 10.7. The van der Waals surface area contributed by atoms with Gasteiger partial charge in [-0.1, -0.05) is 24.3 Å². The highest BCUT2D eigenvalue weighted by molar-refractivity contribution is 7.92. The predicted octanol–water partition coefficient (Wildman–Crippen LogP) is 2.74. The van der Waals surface area contributed by atoms with E-state index in [4.69, 9.17) is 5.11 Å². The summed E-state index contributed by atoms with van der Waals surface area (Å²) in [6, 6.07) is 16.0. The molecule has 4 N–H and O–H groups in total. The molecule has 156 valence electrons. The molecular weight excluding hydrogens is 404 g/mol. The maximum atomic E-state index is 12.7. The van der Waals surface area contributed by atoms with E-state index in [9.17, 15) is 13.2 Å². The fourth-order valence-electron chi connectivity index (χ4n) is 2.74. The van der Waals surface area contributed by atoms with Gasteiger partial charge in [-0.05, 0) is 53.9 Å². The van der Waals surface area contributed by atoms with Gasteiger partial charge in [0.1, 0.15) is 0 Å². The third-order valence-electron chi connectivity index (χ3n) is 4.24. The lowest BCUT2D eigenvalue weighted by molar-refractivity contribution is 0.251. The Kier molecular flexibility index (Phi) is 6.99. The number of rotatable bonds is 8. The summed E-state index contributed by atoms with van der Waals surface area (Å²) in [6.07, 6.45) is 3.65. The molecule has 0 bridgehead atoms. The second-order valence-corrected chi connectivity index (χ2v) is 8.11. The Hall–Kier alpha value is -3.43. The highest BCUT2D eigenvalue weighted by Gasteiger charge is 2.16. The minimum atomic E-state index is -3.81. The van der Waals surface area contributed by atoms with Crippen molar-refractivity contribution in [1.82, 2.24) is 10.3 Å². The molecule has 0 radical (unpaired) electrons. The zero-order valence-electron chi connectivity index (χ0n) is 16.1. The third kappa shape index (κ3) is 5.79. The number of sulfonamides is 1. The molecule has 0 spiro atoms. The molecule has 1 aromatic heterocycles. The van der Waals surface area contributed by atoms with Gasteiger partial charge in [-0.2, -0.15) is 0 Å². The molecule has 1 heterocycles. The van der Waals surface area contributed by atoms with E-state index in [1.165, 1.54) is 24.3 Å². The summed E-state index contributed by atoms with van der Waals surface area (Å²) in [6.45, 7) is 0.241. The Morgan fingerprint density at radius 2 is 1.77 bits per heavy atom. The summed E-state index contributed by atoms with van der Waals surface area (Å²) in [5.41, 5.74) is 2.44. The van der Waals surface area contributed by atoms with E-state index < -0.39 is 16.1 Å². The fourth-order valence-corrected chi connectivity index (χ4v) is 3.84. The number of pyridine rings is 1. The largest absolute Gasteiger partial charge is 0.396 e. The zero-order valence-corrected chi connectivity index (χ0v) is 16.9. The lowest BCUT2D eigenvalue weighted by atomic mass is 10.1. The molecule has 2 aromatic carbocycles. The van der Waals surface area contributed by atoms with Crippen LogP contribution < -0.4 is 15.4 Å². The first kappa shape index (κ1) is 21.3. The highest BCUT2D eigenvalue weighted by atomic mass is 32.2. The topological polar surface area (TPSA) is 120 Å².